The Hall–Kier alpha value is -3.38. The Morgan fingerprint density at radius 1 is 0.833 bits per heavy atom. The standard InChI is InChI=1S/C23H22ClNO5/c1-27-19-11-18(12-20(13-19)28-2)25-23(26)16-6-9-21(22(10-16)29-3)30-14-15-4-7-17(24)8-5-15/h4-13H,14H2,1-3H3,(H,25,26). The number of benzene rings is 3. The highest BCUT2D eigenvalue weighted by Gasteiger charge is 2.13. The van der Waals surface area contributed by atoms with Gasteiger partial charge in [0.05, 0.1) is 21.3 Å². The van der Waals surface area contributed by atoms with Crippen LogP contribution in [0.1, 0.15) is 15.9 Å². The zero-order valence-corrected chi connectivity index (χ0v) is 17.7. The van der Waals surface area contributed by atoms with Crippen LogP contribution in [0.25, 0.3) is 0 Å². The minimum atomic E-state index is -0.298. The van der Waals surface area contributed by atoms with Gasteiger partial charge < -0.3 is 24.3 Å². The Morgan fingerprint density at radius 3 is 2.10 bits per heavy atom. The van der Waals surface area contributed by atoms with E-state index in [0.29, 0.717) is 45.9 Å². The monoisotopic (exact) mass is 427 g/mol. The number of hydrogen-bond donors (Lipinski definition) is 1. The van der Waals surface area contributed by atoms with Crippen LogP contribution in [0.4, 0.5) is 5.69 Å². The molecule has 0 aliphatic heterocycles. The highest BCUT2D eigenvalue weighted by Crippen LogP contribution is 2.30. The van der Waals surface area contributed by atoms with E-state index >= 15 is 0 Å². The SMILES string of the molecule is COc1cc(NC(=O)c2ccc(OCc3ccc(Cl)cc3)c(OC)c2)cc(OC)c1. The van der Waals surface area contributed by atoms with Crippen LogP contribution in [0.2, 0.25) is 5.02 Å². The largest absolute Gasteiger partial charge is 0.497 e. The van der Waals surface area contributed by atoms with Crippen LogP contribution < -0.4 is 24.3 Å². The van der Waals surface area contributed by atoms with Gasteiger partial charge in [-0.25, -0.2) is 0 Å². The zero-order chi connectivity index (χ0) is 21.5. The molecule has 30 heavy (non-hydrogen) atoms. The Balaban J connectivity index is 1.73. The average Bonchev–Trinajstić information content (AvgIpc) is 2.78. The van der Waals surface area contributed by atoms with Gasteiger partial charge in [0.15, 0.2) is 11.5 Å². The Bertz CT molecular complexity index is 998. The molecule has 156 valence electrons. The highest BCUT2D eigenvalue weighted by atomic mass is 35.5. The second kappa shape index (κ2) is 9.89. The van der Waals surface area contributed by atoms with Crippen molar-refractivity contribution in [1.82, 2.24) is 0 Å². The third kappa shape index (κ3) is 5.36. The molecular formula is C23H22ClNO5. The summed E-state index contributed by atoms with van der Waals surface area (Å²) in [5.41, 5.74) is 1.95. The van der Waals surface area contributed by atoms with Crippen LogP contribution in [0.15, 0.2) is 60.7 Å². The first-order valence-electron chi connectivity index (χ1n) is 9.12. The smallest absolute Gasteiger partial charge is 0.255 e. The van der Waals surface area contributed by atoms with E-state index in [1.54, 1.807) is 62.8 Å². The lowest BCUT2D eigenvalue weighted by atomic mass is 10.1. The predicted molar refractivity (Wildman–Crippen MR) is 116 cm³/mol. The fourth-order valence-corrected chi connectivity index (χ4v) is 2.88. The number of nitrogens with one attached hydrogen (secondary N) is 1. The van der Waals surface area contributed by atoms with Crippen molar-refractivity contribution in [2.45, 2.75) is 6.61 Å². The van der Waals surface area contributed by atoms with Gasteiger partial charge in [-0.05, 0) is 35.9 Å². The molecule has 0 atom stereocenters. The van der Waals surface area contributed by atoms with Crippen molar-refractivity contribution in [3.63, 3.8) is 0 Å². The minimum Gasteiger partial charge on any atom is -0.497 e. The average molecular weight is 428 g/mol. The Morgan fingerprint density at radius 2 is 1.50 bits per heavy atom. The van der Waals surface area contributed by atoms with Crippen LogP contribution in [0, 0.1) is 0 Å². The summed E-state index contributed by atoms with van der Waals surface area (Å²) in [6.45, 7) is 0.350. The molecule has 3 rings (SSSR count). The molecule has 0 bridgehead atoms. The van der Waals surface area contributed by atoms with Gasteiger partial charge in [-0.2, -0.15) is 0 Å². The first-order chi connectivity index (χ1) is 14.5. The molecule has 0 saturated heterocycles. The summed E-state index contributed by atoms with van der Waals surface area (Å²) in [5, 5.41) is 3.50. The van der Waals surface area contributed by atoms with Crippen LogP contribution in [-0.2, 0) is 6.61 Å². The van der Waals surface area contributed by atoms with Gasteiger partial charge in [0.25, 0.3) is 5.91 Å². The van der Waals surface area contributed by atoms with E-state index in [-0.39, 0.29) is 5.91 Å². The number of hydrogen-bond acceptors (Lipinski definition) is 5. The molecule has 3 aromatic rings. The van der Waals surface area contributed by atoms with E-state index in [1.165, 1.54) is 7.11 Å². The summed E-state index contributed by atoms with van der Waals surface area (Å²) >= 11 is 5.90. The van der Waals surface area contributed by atoms with Crippen LogP contribution in [0.3, 0.4) is 0 Å². The molecular weight excluding hydrogens is 406 g/mol. The first kappa shape index (κ1) is 21.3. The number of amides is 1. The van der Waals surface area contributed by atoms with E-state index < -0.39 is 0 Å². The van der Waals surface area contributed by atoms with E-state index in [0.717, 1.165) is 5.56 Å². The third-order valence-electron chi connectivity index (χ3n) is 4.34. The molecule has 0 fully saturated rings. The van der Waals surface area contributed by atoms with Crippen molar-refractivity contribution in [2.75, 3.05) is 26.6 Å². The summed E-state index contributed by atoms with van der Waals surface area (Å²) in [4.78, 5) is 12.7. The number of carbonyl (C=O) groups excluding carboxylic acids is 1. The van der Waals surface area contributed by atoms with Crippen LogP contribution in [0.5, 0.6) is 23.0 Å². The maximum Gasteiger partial charge on any atom is 0.255 e. The minimum absolute atomic E-state index is 0.298. The normalized spacial score (nSPS) is 10.3. The molecule has 6 nitrogen and oxygen atoms in total. The molecule has 7 heteroatoms. The Kier molecular flexibility index (Phi) is 7.03. The third-order valence-corrected chi connectivity index (χ3v) is 4.59. The predicted octanol–water partition coefficient (Wildman–Crippen LogP) is 5.20. The van der Waals surface area contributed by atoms with E-state index in [4.69, 9.17) is 30.5 Å². The first-order valence-corrected chi connectivity index (χ1v) is 9.50. The summed E-state index contributed by atoms with van der Waals surface area (Å²) in [5.74, 6) is 1.85. The number of anilines is 1. The van der Waals surface area contributed by atoms with Crippen molar-refractivity contribution in [2.24, 2.45) is 0 Å². The summed E-state index contributed by atoms with van der Waals surface area (Å²) in [6, 6.07) is 17.5. The lowest BCUT2D eigenvalue weighted by molar-refractivity contribution is 0.102. The Labute approximate surface area is 180 Å². The topological polar surface area (TPSA) is 66.0 Å². The van der Waals surface area contributed by atoms with Gasteiger partial charge in [-0.15, -0.1) is 0 Å². The maximum atomic E-state index is 12.7. The fraction of sp³-hybridized carbons (Fsp3) is 0.174. The quantitative estimate of drug-likeness (QED) is 0.535. The lowest BCUT2D eigenvalue weighted by Gasteiger charge is -2.13. The molecule has 0 spiro atoms. The molecule has 0 aliphatic carbocycles. The van der Waals surface area contributed by atoms with E-state index in [2.05, 4.69) is 5.32 Å². The lowest BCUT2D eigenvalue weighted by Crippen LogP contribution is -2.12. The molecule has 0 saturated carbocycles. The van der Waals surface area contributed by atoms with Gasteiger partial charge in [0, 0.05) is 34.5 Å². The van der Waals surface area contributed by atoms with Crippen LogP contribution in [-0.4, -0.2) is 27.2 Å². The van der Waals surface area contributed by atoms with Crippen molar-refractivity contribution in [1.29, 1.82) is 0 Å². The second-order valence-electron chi connectivity index (χ2n) is 6.34. The summed E-state index contributed by atoms with van der Waals surface area (Å²) < 4.78 is 21.7. The molecule has 0 aliphatic rings. The van der Waals surface area contributed by atoms with Gasteiger partial charge in [0.2, 0.25) is 0 Å². The molecule has 1 N–H and O–H groups in total. The molecule has 0 heterocycles. The number of ether oxygens (including phenoxy) is 4. The number of halogens is 1. The number of methoxy groups -OCH3 is 3. The van der Waals surface area contributed by atoms with Crippen molar-refractivity contribution in [3.8, 4) is 23.0 Å². The van der Waals surface area contributed by atoms with E-state index in [9.17, 15) is 4.79 Å². The number of rotatable bonds is 8. The van der Waals surface area contributed by atoms with Crippen molar-refractivity contribution >= 4 is 23.2 Å². The molecule has 3 aromatic carbocycles. The fourth-order valence-electron chi connectivity index (χ4n) is 2.75. The van der Waals surface area contributed by atoms with Crippen molar-refractivity contribution in [3.05, 3.63) is 76.8 Å². The zero-order valence-electron chi connectivity index (χ0n) is 16.9. The van der Waals surface area contributed by atoms with Gasteiger partial charge >= 0.3 is 0 Å². The summed E-state index contributed by atoms with van der Waals surface area (Å²) in [6.07, 6.45) is 0. The van der Waals surface area contributed by atoms with Gasteiger partial charge in [0.1, 0.15) is 18.1 Å². The molecule has 0 radical (unpaired) electrons. The van der Waals surface area contributed by atoms with Gasteiger partial charge in [-0.3, -0.25) is 4.79 Å². The second-order valence-corrected chi connectivity index (χ2v) is 6.77. The number of carbonyl (C=O) groups is 1. The maximum absolute atomic E-state index is 12.7. The highest BCUT2D eigenvalue weighted by molar-refractivity contribution is 6.30. The van der Waals surface area contributed by atoms with Crippen molar-refractivity contribution < 1.29 is 23.7 Å². The van der Waals surface area contributed by atoms with Crippen LogP contribution >= 0.6 is 11.6 Å². The van der Waals surface area contributed by atoms with Gasteiger partial charge in [-0.1, -0.05) is 23.7 Å². The summed E-state index contributed by atoms with van der Waals surface area (Å²) in [7, 11) is 4.63. The molecule has 1 amide bonds. The molecule has 0 aromatic heterocycles. The van der Waals surface area contributed by atoms with E-state index in [1.807, 2.05) is 12.1 Å². The molecule has 0 unspecified atom stereocenters.